The lowest BCUT2D eigenvalue weighted by Gasteiger charge is -2.20. The molecule has 2 heterocycles. The van der Waals surface area contributed by atoms with Crippen LogP contribution in [0.15, 0.2) is 117 Å². The summed E-state index contributed by atoms with van der Waals surface area (Å²) in [6.07, 6.45) is 0. The van der Waals surface area contributed by atoms with Crippen molar-refractivity contribution in [2.75, 3.05) is 48.9 Å². The maximum absolute atomic E-state index is 13.3. The fourth-order valence-electron chi connectivity index (χ4n) is 4.93. The number of halogens is 1. The Labute approximate surface area is 275 Å². The van der Waals surface area contributed by atoms with E-state index in [2.05, 4.69) is 20.6 Å². The van der Waals surface area contributed by atoms with Crippen LogP contribution in [0.1, 0.15) is 11.1 Å². The SMILES string of the molecule is CN(c1ccc(C2=NCCN2)cc1)S(=O)(=O)c1ccc(Oc2ccc(S(=O)(=O)N(C)c3ccc(C4=NCCN4)cc3)cc2)cc1.Cl. The van der Waals surface area contributed by atoms with Crippen molar-refractivity contribution in [3.63, 3.8) is 0 Å². The van der Waals surface area contributed by atoms with Crippen LogP contribution < -0.4 is 24.0 Å². The van der Waals surface area contributed by atoms with Crippen molar-refractivity contribution < 1.29 is 21.6 Å². The van der Waals surface area contributed by atoms with E-state index in [-0.39, 0.29) is 22.2 Å². The Bertz CT molecular complexity index is 1820. The predicted molar refractivity (Wildman–Crippen MR) is 183 cm³/mol. The Kier molecular flexibility index (Phi) is 9.56. The van der Waals surface area contributed by atoms with E-state index in [0.717, 1.165) is 49.0 Å². The summed E-state index contributed by atoms with van der Waals surface area (Å²) in [5.74, 6) is 2.42. The van der Waals surface area contributed by atoms with Gasteiger partial charge in [0.15, 0.2) is 0 Å². The first-order valence-corrected chi connectivity index (χ1v) is 17.1. The van der Waals surface area contributed by atoms with Gasteiger partial charge in [0.1, 0.15) is 23.2 Å². The van der Waals surface area contributed by atoms with Crippen LogP contribution in [0.5, 0.6) is 11.5 Å². The number of amidine groups is 2. The fourth-order valence-corrected chi connectivity index (χ4v) is 7.32. The zero-order valence-corrected chi connectivity index (χ0v) is 27.6. The zero-order valence-electron chi connectivity index (χ0n) is 25.1. The molecule has 240 valence electrons. The number of aliphatic imine (C=N–C) groups is 2. The molecule has 46 heavy (non-hydrogen) atoms. The van der Waals surface area contributed by atoms with Crippen molar-refractivity contribution in [2.45, 2.75) is 9.79 Å². The second-order valence-electron chi connectivity index (χ2n) is 10.4. The van der Waals surface area contributed by atoms with E-state index in [0.29, 0.717) is 22.9 Å². The monoisotopic (exact) mass is 680 g/mol. The summed E-state index contributed by atoms with van der Waals surface area (Å²) >= 11 is 0. The van der Waals surface area contributed by atoms with Gasteiger partial charge in [0.25, 0.3) is 20.0 Å². The fraction of sp³-hybridized carbons (Fsp3) is 0.188. The number of ether oxygens (including phenoxy) is 1. The van der Waals surface area contributed by atoms with E-state index in [9.17, 15) is 16.8 Å². The maximum Gasteiger partial charge on any atom is 0.264 e. The summed E-state index contributed by atoms with van der Waals surface area (Å²) in [7, 11) is -4.63. The first kappa shape index (κ1) is 32.8. The Morgan fingerprint density at radius 2 is 0.913 bits per heavy atom. The normalized spacial score (nSPS) is 14.3. The number of anilines is 2. The third kappa shape index (κ3) is 6.66. The Balaban J connectivity index is 0.00000417. The molecule has 2 aliphatic heterocycles. The standard InChI is InChI=1S/C32H32N6O5S2.ClH/c1-37(25-7-3-23(4-8-25)31-33-19-20-34-31)44(39,40)29-15-11-27(12-16-29)43-28-13-17-30(18-14-28)45(41,42)38(2)26-9-5-24(6-10-26)32-35-21-22-36-32;/h3-18H,19-22H2,1-2H3,(H,33,34)(H,35,36);1H. The molecule has 0 fully saturated rings. The highest BCUT2D eigenvalue weighted by atomic mass is 35.5. The third-order valence-corrected chi connectivity index (χ3v) is 11.2. The van der Waals surface area contributed by atoms with Gasteiger partial charge < -0.3 is 15.4 Å². The summed E-state index contributed by atoms with van der Waals surface area (Å²) in [6, 6.07) is 26.5. The summed E-state index contributed by atoms with van der Waals surface area (Å²) in [6.45, 7) is 3.03. The summed E-state index contributed by atoms with van der Waals surface area (Å²) < 4.78 is 61.5. The molecule has 0 atom stereocenters. The van der Waals surface area contributed by atoms with Crippen molar-refractivity contribution in [1.29, 1.82) is 0 Å². The molecule has 0 amide bonds. The topological polar surface area (TPSA) is 133 Å². The quantitative estimate of drug-likeness (QED) is 0.256. The highest BCUT2D eigenvalue weighted by molar-refractivity contribution is 7.93. The second kappa shape index (κ2) is 13.4. The molecule has 11 nitrogen and oxygen atoms in total. The molecule has 0 aliphatic carbocycles. The maximum atomic E-state index is 13.3. The molecule has 2 aliphatic rings. The molecule has 0 aromatic heterocycles. The molecule has 2 N–H and O–H groups in total. The van der Waals surface area contributed by atoms with Gasteiger partial charge in [0.2, 0.25) is 0 Å². The van der Waals surface area contributed by atoms with Crippen molar-refractivity contribution in [3.05, 3.63) is 108 Å². The highest BCUT2D eigenvalue weighted by Gasteiger charge is 2.23. The summed E-state index contributed by atoms with van der Waals surface area (Å²) in [5, 5.41) is 6.40. The van der Waals surface area contributed by atoms with Gasteiger partial charge in [-0.25, -0.2) is 16.8 Å². The van der Waals surface area contributed by atoms with Crippen molar-refractivity contribution in [2.24, 2.45) is 9.98 Å². The molecule has 0 saturated carbocycles. The molecule has 6 rings (SSSR count). The lowest BCUT2D eigenvalue weighted by molar-refractivity contribution is 0.481. The second-order valence-corrected chi connectivity index (χ2v) is 14.3. The minimum atomic E-state index is -3.82. The van der Waals surface area contributed by atoms with Crippen LogP contribution in [-0.4, -0.2) is 68.8 Å². The number of nitrogens with one attached hydrogen (secondary N) is 2. The van der Waals surface area contributed by atoms with E-state index in [4.69, 9.17) is 4.74 Å². The lowest BCUT2D eigenvalue weighted by atomic mass is 10.2. The van der Waals surface area contributed by atoms with Gasteiger partial charge in [-0.05, 0) is 97.1 Å². The Hall–Kier alpha value is -4.59. The minimum absolute atomic E-state index is 0. The highest BCUT2D eigenvalue weighted by Crippen LogP contribution is 2.29. The largest absolute Gasteiger partial charge is 0.457 e. The van der Waals surface area contributed by atoms with Gasteiger partial charge in [0, 0.05) is 38.3 Å². The van der Waals surface area contributed by atoms with Crippen LogP contribution in [0.2, 0.25) is 0 Å². The molecule has 14 heteroatoms. The van der Waals surface area contributed by atoms with Crippen molar-refractivity contribution in [1.82, 2.24) is 10.6 Å². The predicted octanol–water partition coefficient (Wildman–Crippen LogP) is 4.25. The summed E-state index contributed by atoms with van der Waals surface area (Å²) in [5.41, 5.74) is 2.84. The first-order chi connectivity index (χ1) is 21.6. The average Bonchev–Trinajstić information content (AvgIpc) is 3.81. The van der Waals surface area contributed by atoms with Gasteiger partial charge in [-0.1, -0.05) is 0 Å². The van der Waals surface area contributed by atoms with Crippen LogP contribution in [0.25, 0.3) is 0 Å². The number of nitrogens with zero attached hydrogens (tertiary/aromatic N) is 4. The van der Waals surface area contributed by atoms with Crippen LogP contribution in [0, 0.1) is 0 Å². The Morgan fingerprint density at radius 1 is 0.565 bits per heavy atom. The third-order valence-electron chi connectivity index (χ3n) is 7.56. The van der Waals surface area contributed by atoms with E-state index in [1.54, 1.807) is 48.5 Å². The van der Waals surface area contributed by atoms with Crippen LogP contribution in [0.3, 0.4) is 0 Å². The summed E-state index contributed by atoms with van der Waals surface area (Å²) in [4.78, 5) is 8.99. The van der Waals surface area contributed by atoms with Crippen LogP contribution >= 0.6 is 12.4 Å². The number of hydrogen-bond acceptors (Lipinski definition) is 9. The molecular formula is C32H33ClN6O5S2. The number of sulfonamides is 2. The first-order valence-electron chi connectivity index (χ1n) is 14.3. The van der Waals surface area contributed by atoms with E-state index in [1.807, 2.05) is 24.3 Å². The minimum Gasteiger partial charge on any atom is -0.457 e. The smallest absolute Gasteiger partial charge is 0.264 e. The van der Waals surface area contributed by atoms with Crippen molar-refractivity contribution in [3.8, 4) is 11.5 Å². The van der Waals surface area contributed by atoms with Crippen LogP contribution in [0.4, 0.5) is 11.4 Å². The van der Waals surface area contributed by atoms with Crippen molar-refractivity contribution >= 4 is 55.5 Å². The molecule has 0 unspecified atom stereocenters. The zero-order chi connectivity index (χ0) is 31.6. The molecule has 0 saturated heterocycles. The van der Waals surface area contributed by atoms with E-state index >= 15 is 0 Å². The molecule has 0 spiro atoms. The lowest BCUT2D eigenvalue weighted by Crippen LogP contribution is -2.26. The average molecular weight is 681 g/mol. The molecule has 0 bridgehead atoms. The molecule has 4 aromatic rings. The van der Waals surface area contributed by atoms with Gasteiger partial charge in [0.05, 0.1) is 34.3 Å². The van der Waals surface area contributed by atoms with Gasteiger partial charge in [-0.3, -0.25) is 18.6 Å². The number of benzene rings is 4. The molecule has 0 radical (unpaired) electrons. The molecule has 4 aromatic carbocycles. The van der Waals surface area contributed by atoms with E-state index in [1.165, 1.54) is 47.0 Å². The van der Waals surface area contributed by atoms with Gasteiger partial charge in [-0.2, -0.15) is 0 Å². The molecular weight excluding hydrogens is 648 g/mol. The Morgan fingerprint density at radius 3 is 1.22 bits per heavy atom. The number of rotatable bonds is 10. The van der Waals surface area contributed by atoms with Gasteiger partial charge in [-0.15, -0.1) is 12.4 Å². The van der Waals surface area contributed by atoms with Crippen LogP contribution in [-0.2, 0) is 20.0 Å². The van der Waals surface area contributed by atoms with Gasteiger partial charge >= 0.3 is 0 Å². The number of hydrogen-bond donors (Lipinski definition) is 2. The van der Waals surface area contributed by atoms with E-state index < -0.39 is 20.0 Å².